The van der Waals surface area contributed by atoms with Crippen molar-refractivity contribution in [2.75, 3.05) is 5.32 Å². The Bertz CT molecular complexity index is 553. The average molecular weight is 260 g/mol. The summed E-state index contributed by atoms with van der Waals surface area (Å²) in [4.78, 5) is 15.1. The van der Waals surface area contributed by atoms with Gasteiger partial charge < -0.3 is 4.74 Å². The fourth-order valence-electron chi connectivity index (χ4n) is 1.55. The molecule has 0 atom stereocenters. The number of benzene rings is 1. The molecule has 0 aliphatic heterocycles. The molecular weight excluding hydrogens is 247 g/mol. The van der Waals surface area contributed by atoms with Crippen LogP contribution in [-0.2, 0) is 11.3 Å². The van der Waals surface area contributed by atoms with Crippen LogP contribution in [0.25, 0.3) is 0 Å². The molecule has 5 heteroatoms. The van der Waals surface area contributed by atoms with Crippen LogP contribution in [0.5, 0.6) is 0 Å². The van der Waals surface area contributed by atoms with Crippen molar-refractivity contribution in [3.05, 3.63) is 59.5 Å². The van der Waals surface area contributed by atoms with Crippen molar-refractivity contribution in [1.82, 2.24) is 4.98 Å². The first kappa shape index (κ1) is 13.0. The van der Waals surface area contributed by atoms with Crippen LogP contribution >= 0.6 is 0 Å². The first-order valence-electron chi connectivity index (χ1n) is 5.75. The van der Waals surface area contributed by atoms with Gasteiger partial charge in [0, 0.05) is 0 Å². The van der Waals surface area contributed by atoms with Crippen LogP contribution in [0, 0.1) is 12.9 Å². The Balaban J connectivity index is 1.91. The number of halogens is 1. The highest BCUT2D eigenvalue weighted by atomic mass is 19.1. The van der Waals surface area contributed by atoms with E-state index in [1.807, 2.05) is 30.3 Å². The fraction of sp³-hybridized carbons (Fsp3) is 0.143. The lowest BCUT2D eigenvalue weighted by Crippen LogP contribution is -2.14. The highest BCUT2D eigenvalue weighted by Crippen LogP contribution is 2.09. The number of nitrogens with one attached hydrogen (secondary N) is 1. The molecular formula is C14H13FN2O2. The van der Waals surface area contributed by atoms with Crippen LogP contribution in [0.2, 0.25) is 0 Å². The molecule has 1 aromatic heterocycles. The first-order chi connectivity index (χ1) is 9.13. The van der Waals surface area contributed by atoms with E-state index in [9.17, 15) is 9.18 Å². The lowest BCUT2D eigenvalue weighted by molar-refractivity contribution is 0.155. The Labute approximate surface area is 110 Å². The maximum Gasteiger partial charge on any atom is 0.413 e. The molecule has 0 spiro atoms. The van der Waals surface area contributed by atoms with Crippen molar-refractivity contribution in [2.24, 2.45) is 0 Å². The predicted molar refractivity (Wildman–Crippen MR) is 69.2 cm³/mol. The second-order valence-electron chi connectivity index (χ2n) is 4.04. The molecule has 0 aliphatic rings. The molecule has 0 bridgehead atoms. The number of nitrogens with zero attached hydrogens (tertiary/aromatic N) is 1. The quantitative estimate of drug-likeness (QED) is 0.861. The van der Waals surface area contributed by atoms with Gasteiger partial charge in [0.05, 0.1) is 0 Å². The molecule has 0 radical (unpaired) electrons. The first-order valence-corrected chi connectivity index (χ1v) is 5.75. The van der Waals surface area contributed by atoms with Crippen molar-refractivity contribution in [3.63, 3.8) is 0 Å². The molecule has 2 aromatic rings. The molecule has 0 unspecified atom stereocenters. The molecule has 1 heterocycles. The number of amides is 1. The number of aromatic nitrogens is 1. The van der Waals surface area contributed by atoms with Gasteiger partial charge in [-0.25, -0.2) is 9.78 Å². The molecule has 0 aliphatic carbocycles. The third-order valence-electron chi connectivity index (χ3n) is 2.38. The molecule has 0 saturated heterocycles. The van der Waals surface area contributed by atoms with E-state index in [0.717, 1.165) is 5.56 Å². The molecule has 1 amide bonds. The lowest BCUT2D eigenvalue weighted by Gasteiger charge is -2.07. The van der Waals surface area contributed by atoms with E-state index in [-0.39, 0.29) is 12.4 Å². The van der Waals surface area contributed by atoms with Gasteiger partial charge in [-0.3, -0.25) is 5.32 Å². The monoisotopic (exact) mass is 260 g/mol. The number of carbonyl (C=O) groups excluding carboxylic acids is 1. The highest BCUT2D eigenvalue weighted by Gasteiger charge is 2.06. The number of aryl methyl sites for hydroxylation is 1. The number of pyridine rings is 1. The van der Waals surface area contributed by atoms with Crippen molar-refractivity contribution in [1.29, 1.82) is 0 Å². The Morgan fingerprint density at radius 3 is 2.74 bits per heavy atom. The summed E-state index contributed by atoms with van der Waals surface area (Å²) in [6.45, 7) is 1.87. The van der Waals surface area contributed by atoms with Gasteiger partial charge in [-0.1, -0.05) is 30.3 Å². The molecule has 0 saturated carbocycles. The summed E-state index contributed by atoms with van der Waals surface area (Å²) >= 11 is 0. The van der Waals surface area contributed by atoms with E-state index in [0.29, 0.717) is 5.56 Å². The molecule has 4 nitrogen and oxygen atoms in total. The van der Waals surface area contributed by atoms with Crippen molar-refractivity contribution < 1.29 is 13.9 Å². The Kier molecular flexibility index (Phi) is 4.07. The number of hydrogen-bond donors (Lipinski definition) is 1. The zero-order valence-corrected chi connectivity index (χ0v) is 10.4. The van der Waals surface area contributed by atoms with Crippen LogP contribution in [0.3, 0.4) is 0 Å². The minimum Gasteiger partial charge on any atom is -0.444 e. The van der Waals surface area contributed by atoms with Crippen LogP contribution in [0.15, 0.2) is 42.5 Å². The Morgan fingerprint density at radius 1 is 1.32 bits per heavy atom. The third kappa shape index (κ3) is 4.06. The minimum atomic E-state index is -0.665. The van der Waals surface area contributed by atoms with Gasteiger partial charge in [-0.15, -0.1) is 0 Å². The fourth-order valence-corrected chi connectivity index (χ4v) is 1.55. The van der Waals surface area contributed by atoms with Gasteiger partial charge in [-0.05, 0) is 30.2 Å². The van der Waals surface area contributed by atoms with Crippen molar-refractivity contribution in [3.8, 4) is 0 Å². The normalized spacial score (nSPS) is 10.0. The van der Waals surface area contributed by atoms with Gasteiger partial charge in [0.25, 0.3) is 0 Å². The zero-order valence-electron chi connectivity index (χ0n) is 10.4. The van der Waals surface area contributed by atoms with E-state index in [1.54, 1.807) is 13.0 Å². The standard InChI is InChI=1S/C14H13FN2O2/c1-10-7-12(15)16-13(8-10)17-14(18)19-9-11-5-3-2-4-6-11/h2-8H,9H2,1H3,(H,16,17,18). The Hall–Kier alpha value is -2.43. The summed E-state index contributed by atoms with van der Waals surface area (Å²) < 4.78 is 18.0. The number of anilines is 1. The van der Waals surface area contributed by atoms with E-state index in [4.69, 9.17) is 4.74 Å². The summed E-state index contributed by atoms with van der Waals surface area (Å²) in [5.74, 6) is -0.506. The lowest BCUT2D eigenvalue weighted by atomic mass is 10.2. The molecule has 1 aromatic carbocycles. The summed E-state index contributed by atoms with van der Waals surface area (Å²) in [5.41, 5.74) is 1.55. The summed E-state index contributed by atoms with van der Waals surface area (Å²) in [6.07, 6.45) is -0.665. The van der Waals surface area contributed by atoms with Crippen LogP contribution in [0.4, 0.5) is 15.0 Å². The highest BCUT2D eigenvalue weighted by molar-refractivity contribution is 5.83. The molecule has 0 fully saturated rings. The van der Waals surface area contributed by atoms with Gasteiger partial charge in [0.2, 0.25) is 5.95 Å². The molecule has 19 heavy (non-hydrogen) atoms. The summed E-state index contributed by atoms with van der Waals surface area (Å²) in [5, 5.41) is 2.38. The van der Waals surface area contributed by atoms with Crippen LogP contribution < -0.4 is 5.32 Å². The number of carbonyl (C=O) groups is 1. The number of rotatable bonds is 3. The molecule has 98 valence electrons. The topological polar surface area (TPSA) is 51.2 Å². The zero-order chi connectivity index (χ0) is 13.7. The second-order valence-corrected chi connectivity index (χ2v) is 4.04. The van der Waals surface area contributed by atoms with Crippen LogP contribution in [-0.4, -0.2) is 11.1 Å². The second kappa shape index (κ2) is 5.95. The van der Waals surface area contributed by atoms with Gasteiger partial charge in [0.1, 0.15) is 12.4 Å². The smallest absolute Gasteiger partial charge is 0.413 e. The average Bonchev–Trinajstić information content (AvgIpc) is 2.36. The summed E-state index contributed by atoms with van der Waals surface area (Å²) in [6, 6.07) is 12.1. The maximum absolute atomic E-state index is 13.0. The molecule has 1 N–H and O–H groups in total. The van der Waals surface area contributed by atoms with Gasteiger partial charge >= 0.3 is 6.09 Å². The van der Waals surface area contributed by atoms with Crippen molar-refractivity contribution in [2.45, 2.75) is 13.5 Å². The van der Waals surface area contributed by atoms with E-state index >= 15 is 0 Å². The predicted octanol–water partition coefficient (Wildman–Crippen LogP) is 3.28. The largest absolute Gasteiger partial charge is 0.444 e. The van der Waals surface area contributed by atoms with Gasteiger partial charge in [-0.2, -0.15) is 4.39 Å². The van der Waals surface area contributed by atoms with Gasteiger partial charge in [0.15, 0.2) is 0 Å². The van der Waals surface area contributed by atoms with E-state index in [1.165, 1.54) is 6.07 Å². The Morgan fingerprint density at radius 2 is 2.05 bits per heavy atom. The number of hydrogen-bond acceptors (Lipinski definition) is 3. The third-order valence-corrected chi connectivity index (χ3v) is 2.38. The summed E-state index contributed by atoms with van der Waals surface area (Å²) in [7, 11) is 0. The maximum atomic E-state index is 13.0. The van der Waals surface area contributed by atoms with Crippen LogP contribution in [0.1, 0.15) is 11.1 Å². The minimum absolute atomic E-state index is 0.135. The van der Waals surface area contributed by atoms with E-state index in [2.05, 4.69) is 10.3 Å². The SMILES string of the molecule is Cc1cc(F)nc(NC(=O)OCc2ccccc2)c1. The van der Waals surface area contributed by atoms with E-state index < -0.39 is 12.0 Å². The molecule has 2 rings (SSSR count). The van der Waals surface area contributed by atoms with Crippen molar-refractivity contribution >= 4 is 11.9 Å². The number of ether oxygens (including phenoxy) is 1.